The highest BCUT2D eigenvalue weighted by molar-refractivity contribution is 4.64. The number of unbranched alkanes of at least 4 members (excludes halogenated alkanes) is 2. The number of hydrogen-bond acceptors (Lipinski definition) is 2. The van der Waals surface area contributed by atoms with Crippen LogP contribution in [-0.4, -0.2) is 38.1 Å². The van der Waals surface area contributed by atoms with E-state index in [1.165, 1.54) is 51.6 Å². The molecule has 0 spiro atoms. The van der Waals surface area contributed by atoms with Crippen LogP contribution in [0.3, 0.4) is 0 Å². The molecule has 0 bridgehead atoms. The molecule has 0 fully saturated rings. The first-order chi connectivity index (χ1) is 7.20. The lowest BCUT2D eigenvalue weighted by atomic mass is 10.1. The van der Waals surface area contributed by atoms with Crippen molar-refractivity contribution in [1.82, 2.24) is 10.2 Å². The maximum atomic E-state index is 3.66. The topological polar surface area (TPSA) is 15.3 Å². The average molecular weight is 214 g/mol. The minimum atomic E-state index is 0.754. The first-order valence-corrected chi connectivity index (χ1v) is 6.58. The quantitative estimate of drug-likeness (QED) is 0.563. The largest absolute Gasteiger partial charge is 0.314 e. The highest BCUT2D eigenvalue weighted by Crippen LogP contribution is 2.04. The van der Waals surface area contributed by atoms with Crippen molar-refractivity contribution in [3.8, 4) is 0 Å². The van der Waals surface area contributed by atoms with Gasteiger partial charge in [-0.15, -0.1) is 0 Å². The van der Waals surface area contributed by atoms with Gasteiger partial charge in [0, 0.05) is 6.04 Å². The highest BCUT2D eigenvalue weighted by Gasteiger charge is 2.03. The zero-order chi connectivity index (χ0) is 11.5. The predicted molar refractivity (Wildman–Crippen MR) is 69.4 cm³/mol. The molecule has 0 rings (SSSR count). The third-order valence-electron chi connectivity index (χ3n) is 2.86. The van der Waals surface area contributed by atoms with Crippen molar-refractivity contribution < 1.29 is 0 Å². The van der Waals surface area contributed by atoms with E-state index in [-0.39, 0.29) is 0 Å². The van der Waals surface area contributed by atoms with Gasteiger partial charge < -0.3 is 10.2 Å². The maximum Gasteiger partial charge on any atom is 0.00644 e. The normalized spacial score (nSPS) is 13.4. The first-order valence-electron chi connectivity index (χ1n) is 6.58. The Labute approximate surface area is 96.4 Å². The van der Waals surface area contributed by atoms with Crippen LogP contribution in [0.4, 0.5) is 0 Å². The summed E-state index contributed by atoms with van der Waals surface area (Å²) in [6.45, 7) is 6.96. The Balaban J connectivity index is 3.30. The van der Waals surface area contributed by atoms with Gasteiger partial charge in [-0.2, -0.15) is 0 Å². The smallest absolute Gasteiger partial charge is 0.00644 e. The molecule has 0 aromatic rings. The van der Waals surface area contributed by atoms with Gasteiger partial charge in [-0.25, -0.2) is 0 Å². The first kappa shape index (κ1) is 14.9. The molecule has 92 valence electrons. The maximum absolute atomic E-state index is 3.66. The van der Waals surface area contributed by atoms with Gasteiger partial charge in [-0.3, -0.25) is 0 Å². The van der Waals surface area contributed by atoms with Crippen molar-refractivity contribution in [3.05, 3.63) is 0 Å². The van der Waals surface area contributed by atoms with Crippen molar-refractivity contribution in [2.75, 3.05) is 27.2 Å². The van der Waals surface area contributed by atoms with E-state index in [1.807, 2.05) is 0 Å². The summed E-state index contributed by atoms with van der Waals surface area (Å²) >= 11 is 0. The van der Waals surface area contributed by atoms with Gasteiger partial charge in [0.1, 0.15) is 0 Å². The summed E-state index contributed by atoms with van der Waals surface area (Å²) in [5, 5.41) is 3.66. The van der Waals surface area contributed by atoms with E-state index in [0.717, 1.165) is 6.04 Å². The molecule has 0 heterocycles. The van der Waals surface area contributed by atoms with Crippen LogP contribution in [0.15, 0.2) is 0 Å². The van der Waals surface area contributed by atoms with E-state index >= 15 is 0 Å². The second kappa shape index (κ2) is 10.4. The number of hydrogen-bond donors (Lipinski definition) is 1. The molecule has 0 aliphatic heterocycles. The van der Waals surface area contributed by atoms with Gasteiger partial charge in [0.2, 0.25) is 0 Å². The molecule has 0 aromatic heterocycles. The molecule has 1 unspecified atom stereocenters. The molecular weight excluding hydrogens is 184 g/mol. The van der Waals surface area contributed by atoms with Crippen LogP contribution < -0.4 is 5.32 Å². The summed E-state index contributed by atoms with van der Waals surface area (Å²) in [5.41, 5.74) is 0. The zero-order valence-corrected chi connectivity index (χ0v) is 11.2. The summed E-state index contributed by atoms with van der Waals surface area (Å²) in [6.07, 6.45) is 7.92. The van der Waals surface area contributed by atoms with Crippen molar-refractivity contribution >= 4 is 0 Å². The van der Waals surface area contributed by atoms with Crippen LogP contribution >= 0.6 is 0 Å². The fourth-order valence-corrected chi connectivity index (χ4v) is 1.76. The Morgan fingerprint density at radius 1 is 1.07 bits per heavy atom. The monoisotopic (exact) mass is 214 g/mol. The van der Waals surface area contributed by atoms with Crippen molar-refractivity contribution in [3.63, 3.8) is 0 Å². The Morgan fingerprint density at radius 3 is 2.33 bits per heavy atom. The Bertz CT molecular complexity index is 124. The van der Waals surface area contributed by atoms with E-state index in [9.17, 15) is 0 Å². The minimum Gasteiger partial charge on any atom is -0.314 e. The van der Waals surface area contributed by atoms with Crippen LogP contribution in [0, 0.1) is 0 Å². The number of rotatable bonds is 10. The van der Waals surface area contributed by atoms with Crippen LogP contribution in [-0.2, 0) is 0 Å². The van der Waals surface area contributed by atoms with Gasteiger partial charge in [-0.1, -0.05) is 26.7 Å². The fourth-order valence-electron chi connectivity index (χ4n) is 1.76. The summed E-state index contributed by atoms with van der Waals surface area (Å²) in [5.74, 6) is 0. The number of nitrogens with zero attached hydrogens (tertiary/aromatic N) is 1. The van der Waals surface area contributed by atoms with Gasteiger partial charge in [0.05, 0.1) is 0 Å². The van der Waals surface area contributed by atoms with E-state index < -0.39 is 0 Å². The Kier molecular flexibility index (Phi) is 10.4. The molecule has 1 N–H and O–H groups in total. The van der Waals surface area contributed by atoms with Crippen LogP contribution in [0.1, 0.15) is 52.4 Å². The van der Waals surface area contributed by atoms with E-state index in [1.54, 1.807) is 0 Å². The Morgan fingerprint density at radius 2 is 1.80 bits per heavy atom. The standard InChI is InChI=1S/C13H30N2/c1-5-7-10-13(6-2)14-11-8-9-12-15(3)4/h13-14H,5-12H2,1-4H3. The van der Waals surface area contributed by atoms with Crippen LogP contribution in [0.25, 0.3) is 0 Å². The molecular formula is C13H30N2. The predicted octanol–water partition coefficient (Wildman–Crippen LogP) is 2.89. The summed E-state index contributed by atoms with van der Waals surface area (Å²) in [6, 6.07) is 0.754. The zero-order valence-electron chi connectivity index (χ0n) is 11.2. The van der Waals surface area contributed by atoms with Gasteiger partial charge in [0.15, 0.2) is 0 Å². The lowest BCUT2D eigenvalue weighted by Crippen LogP contribution is -2.29. The average Bonchev–Trinajstić information content (AvgIpc) is 2.21. The van der Waals surface area contributed by atoms with Gasteiger partial charge in [-0.05, 0) is 52.9 Å². The summed E-state index contributed by atoms with van der Waals surface area (Å²) in [7, 11) is 4.28. The lowest BCUT2D eigenvalue weighted by Gasteiger charge is -2.16. The molecule has 0 saturated heterocycles. The van der Waals surface area contributed by atoms with E-state index in [2.05, 4.69) is 38.2 Å². The third kappa shape index (κ3) is 10.2. The molecule has 15 heavy (non-hydrogen) atoms. The van der Waals surface area contributed by atoms with Crippen molar-refractivity contribution in [2.24, 2.45) is 0 Å². The minimum absolute atomic E-state index is 0.754. The fraction of sp³-hybridized carbons (Fsp3) is 1.00. The molecule has 0 amide bonds. The van der Waals surface area contributed by atoms with Crippen molar-refractivity contribution in [2.45, 2.75) is 58.4 Å². The highest BCUT2D eigenvalue weighted by atomic mass is 15.0. The third-order valence-corrected chi connectivity index (χ3v) is 2.86. The molecule has 0 aromatic carbocycles. The van der Waals surface area contributed by atoms with E-state index in [0.29, 0.717) is 0 Å². The molecule has 0 saturated carbocycles. The molecule has 0 radical (unpaired) electrons. The second-order valence-electron chi connectivity index (χ2n) is 4.71. The molecule has 2 heteroatoms. The van der Waals surface area contributed by atoms with E-state index in [4.69, 9.17) is 0 Å². The van der Waals surface area contributed by atoms with Gasteiger partial charge >= 0.3 is 0 Å². The number of nitrogens with one attached hydrogen (secondary N) is 1. The molecule has 2 nitrogen and oxygen atoms in total. The molecule has 0 aliphatic rings. The molecule has 1 atom stereocenters. The second-order valence-corrected chi connectivity index (χ2v) is 4.71. The Hall–Kier alpha value is -0.0800. The lowest BCUT2D eigenvalue weighted by molar-refractivity contribution is 0.382. The van der Waals surface area contributed by atoms with Gasteiger partial charge in [0.25, 0.3) is 0 Å². The summed E-state index contributed by atoms with van der Waals surface area (Å²) in [4.78, 5) is 2.26. The van der Waals surface area contributed by atoms with Crippen LogP contribution in [0.2, 0.25) is 0 Å². The summed E-state index contributed by atoms with van der Waals surface area (Å²) < 4.78 is 0. The van der Waals surface area contributed by atoms with Crippen molar-refractivity contribution in [1.29, 1.82) is 0 Å². The SMILES string of the molecule is CCCCC(CC)NCCCCN(C)C. The van der Waals surface area contributed by atoms with Crippen LogP contribution in [0.5, 0.6) is 0 Å². The molecule has 0 aliphatic carbocycles.